The first-order chi connectivity index (χ1) is 9.15. The van der Waals surface area contributed by atoms with Gasteiger partial charge in [0.05, 0.1) is 0 Å². The monoisotopic (exact) mass is 250 g/mol. The molecule has 0 unspecified atom stereocenters. The van der Waals surface area contributed by atoms with Crippen molar-refractivity contribution in [2.24, 2.45) is 0 Å². The van der Waals surface area contributed by atoms with Crippen molar-refractivity contribution in [3.05, 3.63) is 76.9 Å². The van der Waals surface area contributed by atoms with E-state index in [1.54, 1.807) is 0 Å². The molecule has 1 aromatic carbocycles. The third-order valence-electron chi connectivity index (χ3n) is 3.94. The maximum Gasteiger partial charge on any atom is -0.0192 e. The van der Waals surface area contributed by atoms with Crippen LogP contribution in [0.1, 0.15) is 37.8 Å². The minimum atomic E-state index is 1.15. The highest BCUT2D eigenvalue weighted by Crippen LogP contribution is 2.37. The van der Waals surface area contributed by atoms with Gasteiger partial charge in [-0.2, -0.15) is 0 Å². The van der Waals surface area contributed by atoms with Gasteiger partial charge in [-0.15, -0.1) is 0 Å². The van der Waals surface area contributed by atoms with E-state index in [-0.39, 0.29) is 0 Å². The number of hydrogen-bond donors (Lipinski definition) is 0. The Balaban J connectivity index is 2.52. The summed E-state index contributed by atoms with van der Waals surface area (Å²) < 4.78 is 0. The fourth-order valence-corrected chi connectivity index (χ4v) is 2.80. The van der Waals surface area contributed by atoms with Crippen molar-refractivity contribution in [3.8, 4) is 0 Å². The maximum absolute atomic E-state index is 3.76. The summed E-state index contributed by atoms with van der Waals surface area (Å²) in [6.07, 6.45) is 8.36. The Morgan fingerprint density at radius 2 is 1.79 bits per heavy atom. The molecule has 0 nitrogen and oxygen atoms in total. The Morgan fingerprint density at radius 3 is 2.47 bits per heavy atom. The molecule has 2 rings (SSSR count). The van der Waals surface area contributed by atoms with Crippen LogP contribution in [0.25, 0.3) is 5.57 Å². The molecule has 0 heteroatoms. The van der Waals surface area contributed by atoms with Crippen molar-refractivity contribution in [1.29, 1.82) is 0 Å². The largest absolute Gasteiger partial charge is 0.0991 e. The predicted octanol–water partition coefficient (Wildman–Crippen LogP) is 5.62. The fourth-order valence-electron chi connectivity index (χ4n) is 2.80. The van der Waals surface area contributed by atoms with Gasteiger partial charge in [-0.3, -0.25) is 0 Å². The van der Waals surface area contributed by atoms with Crippen LogP contribution in [-0.4, -0.2) is 0 Å². The maximum atomic E-state index is 3.76. The van der Waals surface area contributed by atoms with Crippen molar-refractivity contribution >= 4 is 5.57 Å². The smallest absolute Gasteiger partial charge is 0.0192 e. The van der Waals surface area contributed by atoms with Gasteiger partial charge in [0.15, 0.2) is 0 Å². The highest BCUT2D eigenvalue weighted by Gasteiger charge is 2.16. The van der Waals surface area contributed by atoms with E-state index in [2.05, 4.69) is 57.7 Å². The van der Waals surface area contributed by atoms with Gasteiger partial charge in [-0.1, -0.05) is 54.6 Å². The minimum absolute atomic E-state index is 1.15. The number of allylic oxidation sites excluding steroid dienone is 7. The van der Waals surface area contributed by atoms with E-state index < -0.39 is 0 Å². The molecule has 98 valence electrons. The van der Waals surface area contributed by atoms with Crippen molar-refractivity contribution in [1.82, 2.24) is 0 Å². The van der Waals surface area contributed by atoms with Gasteiger partial charge < -0.3 is 0 Å². The summed E-state index contributed by atoms with van der Waals surface area (Å²) in [5.41, 5.74) is 8.53. The Labute approximate surface area is 116 Å². The SMILES string of the molecule is C=C/C=C\C1=C(C)CCC(c2ccccc2C)=C1C. The zero-order chi connectivity index (χ0) is 13.8. The van der Waals surface area contributed by atoms with Crippen LogP contribution in [0.15, 0.2) is 65.8 Å². The molecule has 0 saturated heterocycles. The van der Waals surface area contributed by atoms with Crippen molar-refractivity contribution in [3.63, 3.8) is 0 Å². The van der Waals surface area contributed by atoms with Gasteiger partial charge in [0.1, 0.15) is 0 Å². The second kappa shape index (κ2) is 5.88. The second-order valence-electron chi connectivity index (χ2n) is 5.21. The van der Waals surface area contributed by atoms with Crippen molar-refractivity contribution in [2.75, 3.05) is 0 Å². The molecule has 0 amide bonds. The lowest BCUT2D eigenvalue weighted by molar-refractivity contribution is 0.944. The molecule has 0 atom stereocenters. The van der Waals surface area contributed by atoms with Gasteiger partial charge in [-0.05, 0) is 61.5 Å². The standard InChI is InChI=1S/C19H22/c1-5-6-10-17-15(3)12-13-19(16(17)4)18-11-8-7-9-14(18)2/h5-11H,1,12-13H2,2-4H3/b10-6-. The summed E-state index contributed by atoms with van der Waals surface area (Å²) in [5, 5.41) is 0. The lowest BCUT2D eigenvalue weighted by atomic mass is 9.82. The molecule has 0 spiro atoms. The summed E-state index contributed by atoms with van der Waals surface area (Å²) >= 11 is 0. The van der Waals surface area contributed by atoms with E-state index in [0.717, 1.165) is 12.8 Å². The number of aryl methyl sites for hydroxylation is 1. The third-order valence-corrected chi connectivity index (χ3v) is 3.94. The van der Waals surface area contributed by atoms with Gasteiger partial charge in [0.2, 0.25) is 0 Å². The molecule has 1 aromatic rings. The molecule has 0 aliphatic heterocycles. The Bertz CT molecular complexity index is 580. The zero-order valence-electron chi connectivity index (χ0n) is 12.2. The van der Waals surface area contributed by atoms with E-state index in [0.29, 0.717) is 0 Å². The van der Waals surface area contributed by atoms with Crippen LogP contribution >= 0.6 is 0 Å². The zero-order valence-corrected chi connectivity index (χ0v) is 12.2. The van der Waals surface area contributed by atoms with E-state index in [4.69, 9.17) is 0 Å². The van der Waals surface area contributed by atoms with Crippen LogP contribution in [0.4, 0.5) is 0 Å². The van der Waals surface area contributed by atoms with Crippen LogP contribution < -0.4 is 0 Å². The van der Waals surface area contributed by atoms with E-state index in [1.165, 1.54) is 33.4 Å². The van der Waals surface area contributed by atoms with Crippen molar-refractivity contribution in [2.45, 2.75) is 33.6 Å². The highest BCUT2D eigenvalue weighted by atomic mass is 14.2. The lowest BCUT2D eigenvalue weighted by Gasteiger charge is -2.22. The summed E-state index contributed by atoms with van der Waals surface area (Å²) in [4.78, 5) is 0. The average Bonchev–Trinajstić information content (AvgIpc) is 2.40. The molecule has 1 aliphatic rings. The van der Waals surface area contributed by atoms with E-state index >= 15 is 0 Å². The molecule has 19 heavy (non-hydrogen) atoms. The summed E-state index contributed by atoms with van der Waals surface area (Å²) in [5.74, 6) is 0. The second-order valence-corrected chi connectivity index (χ2v) is 5.21. The molecule has 0 aromatic heterocycles. The first kappa shape index (κ1) is 13.6. The molecular weight excluding hydrogens is 228 g/mol. The van der Waals surface area contributed by atoms with E-state index in [1.807, 2.05) is 12.2 Å². The predicted molar refractivity (Wildman–Crippen MR) is 85.0 cm³/mol. The van der Waals surface area contributed by atoms with Crippen LogP contribution in [0, 0.1) is 6.92 Å². The fraction of sp³-hybridized carbons (Fsp3) is 0.263. The molecule has 0 heterocycles. The Morgan fingerprint density at radius 1 is 1.05 bits per heavy atom. The highest BCUT2D eigenvalue weighted by molar-refractivity contribution is 5.77. The third kappa shape index (κ3) is 2.78. The first-order valence-electron chi connectivity index (χ1n) is 6.90. The first-order valence-corrected chi connectivity index (χ1v) is 6.90. The number of hydrogen-bond acceptors (Lipinski definition) is 0. The lowest BCUT2D eigenvalue weighted by Crippen LogP contribution is -2.02. The van der Waals surface area contributed by atoms with Gasteiger partial charge in [0, 0.05) is 0 Å². The molecule has 0 saturated carbocycles. The molecular formula is C19H22. The quantitative estimate of drug-likeness (QED) is 0.611. The van der Waals surface area contributed by atoms with Crippen molar-refractivity contribution < 1.29 is 0 Å². The molecule has 0 bridgehead atoms. The van der Waals surface area contributed by atoms with Crippen LogP contribution in [0.5, 0.6) is 0 Å². The molecule has 0 radical (unpaired) electrons. The molecule has 1 aliphatic carbocycles. The number of benzene rings is 1. The minimum Gasteiger partial charge on any atom is -0.0991 e. The van der Waals surface area contributed by atoms with Gasteiger partial charge in [-0.25, -0.2) is 0 Å². The van der Waals surface area contributed by atoms with Crippen LogP contribution in [0.2, 0.25) is 0 Å². The molecule has 0 fully saturated rings. The van der Waals surface area contributed by atoms with E-state index in [9.17, 15) is 0 Å². The van der Waals surface area contributed by atoms with Crippen LogP contribution in [0.3, 0.4) is 0 Å². The Kier molecular flexibility index (Phi) is 4.21. The Hall–Kier alpha value is -1.82. The van der Waals surface area contributed by atoms with Gasteiger partial charge >= 0.3 is 0 Å². The summed E-state index contributed by atoms with van der Waals surface area (Å²) in [6.45, 7) is 10.4. The van der Waals surface area contributed by atoms with Crippen LogP contribution in [-0.2, 0) is 0 Å². The van der Waals surface area contributed by atoms with Gasteiger partial charge in [0.25, 0.3) is 0 Å². The average molecular weight is 250 g/mol. The number of rotatable bonds is 3. The topological polar surface area (TPSA) is 0 Å². The summed E-state index contributed by atoms with van der Waals surface area (Å²) in [7, 11) is 0. The summed E-state index contributed by atoms with van der Waals surface area (Å²) in [6, 6.07) is 8.67. The normalized spacial score (nSPS) is 16.4. The molecule has 0 N–H and O–H groups in total.